The fourth-order valence-electron chi connectivity index (χ4n) is 3.94. The Morgan fingerprint density at radius 2 is 1.97 bits per heavy atom. The van der Waals surface area contributed by atoms with Crippen LogP contribution in [0.15, 0.2) is 34.9 Å². The summed E-state index contributed by atoms with van der Waals surface area (Å²) in [7, 11) is 0. The third kappa shape index (κ3) is 4.45. The Hall–Kier alpha value is -2.96. The largest absolute Gasteiger partial charge is 0.356 e. The quantitative estimate of drug-likeness (QED) is 0.666. The fourth-order valence-corrected chi connectivity index (χ4v) is 3.94. The second-order valence-electron chi connectivity index (χ2n) is 8.28. The van der Waals surface area contributed by atoms with E-state index in [9.17, 15) is 4.79 Å². The number of carbonyl (C=O) groups excluding carboxylic acids is 1. The highest BCUT2D eigenvalue weighted by Gasteiger charge is 2.23. The van der Waals surface area contributed by atoms with Gasteiger partial charge < -0.3 is 14.7 Å². The molecule has 1 saturated heterocycles. The maximum Gasteiger partial charge on any atom is 0.263 e. The van der Waals surface area contributed by atoms with Crippen molar-refractivity contribution in [2.75, 3.05) is 18.0 Å². The first-order valence-corrected chi connectivity index (χ1v) is 10.7. The number of aryl methyl sites for hydroxylation is 2. The lowest BCUT2D eigenvalue weighted by molar-refractivity contribution is -0.121. The molecule has 2 aromatic heterocycles. The molecule has 0 unspecified atom stereocenters. The summed E-state index contributed by atoms with van der Waals surface area (Å²) in [6.45, 7) is 8.13. The van der Waals surface area contributed by atoms with Gasteiger partial charge in [-0.15, -0.1) is 0 Å². The molecule has 1 aliphatic rings. The SMILES string of the molecule is Cc1noc2nc(CCC(=O)N[C@@H](C)c3ccccc3)nc(N3CCC(C)CC3)c12. The monoisotopic (exact) mass is 407 g/mol. The zero-order valence-corrected chi connectivity index (χ0v) is 17.9. The van der Waals surface area contributed by atoms with Crippen molar-refractivity contribution >= 4 is 22.8 Å². The van der Waals surface area contributed by atoms with E-state index in [0.717, 1.165) is 54.3 Å². The van der Waals surface area contributed by atoms with Gasteiger partial charge in [-0.2, -0.15) is 4.98 Å². The van der Waals surface area contributed by atoms with Crippen LogP contribution in [0.5, 0.6) is 0 Å². The lowest BCUT2D eigenvalue weighted by Gasteiger charge is -2.31. The molecule has 1 aromatic carbocycles. The van der Waals surface area contributed by atoms with Gasteiger partial charge in [0.1, 0.15) is 17.0 Å². The van der Waals surface area contributed by atoms with Crippen molar-refractivity contribution in [2.24, 2.45) is 5.92 Å². The molecule has 1 N–H and O–H groups in total. The maximum absolute atomic E-state index is 12.5. The number of hydrogen-bond acceptors (Lipinski definition) is 6. The number of fused-ring (bicyclic) bond motifs is 1. The van der Waals surface area contributed by atoms with E-state index in [-0.39, 0.29) is 11.9 Å². The molecule has 30 heavy (non-hydrogen) atoms. The van der Waals surface area contributed by atoms with Crippen LogP contribution < -0.4 is 10.2 Å². The van der Waals surface area contributed by atoms with E-state index in [0.29, 0.717) is 24.4 Å². The Bertz CT molecular complexity index is 1010. The number of hydrogen-bond donors (Lipinski definition) is 1. The Kier molecular flexibility index (Phi) is 5.97. The summed E-state index contributed by atoms with van der Waals surface area (Å²) in [6, 6.07) is 9.91. The van der Waals surface area contributed by atoms with Crippen molar-refractivity contribution in [1.29, 1.82) is 0 Å². The van der Waals surface area contributed by atoms with Crippen LogP contribution in [0.2, 0.25) is 0 Å². The van der Waals surface area contributed by atoms with Crippen molar-refractivity contribution in [3.05, 3.63) is 47.4 Å². The van der Waals surface area contributed by atoms with Gasteiger partial charge in [0.15, 0.2) is 0 Å². The number of aromatic nitrogens is 3. The Labute approximate surface area is 176 Å². The van der Waals surface area contributed by atoms with E-state index in [1.54, 1.807) is 0 Å². The molecular weight excluding hydrogens is 378 g/mol. The normalized spacial score (nSPS) is 16.0. The Balaban J connectivity index is 1.47. The average molecular weight is 408 g/mol. The minimum atomic E-state index is -0.0371. The van der Waals surface area contributed by atoms with Crippen LogP contribution in [0, 0.1) is 12.8 Å². The smallest absolute Gasteiger partial charge is 0.263 e. The summed E-state index contributed by atoms with van der Waals surface area (Å²) >= 11 is 0. The molecule has 3 heterocycles. The van der Waals surface area contributed by atoms with Gasteiger partial charge >= 0.3 is 0 Å². The van der Waals surface area contributed by atoms with E-state index < -0.39 is 0 Å². The molecule has 0 radical (unpaired) electrons. The average Bonchev–Trinajstić information content (AvgIpc) is 3.13. The molecule has 0 bridgehead atoms. The van der Waals surface area contributed by atoms with Gasteiger partial charge in [-0.3, -0.25) is 4.79 Å². The molecule has 3 aromatic rings. The van der Waals surface area contributed by atoms with Crippen LogP contribution in [0.1, 0.15) is 56.2 Å². The van der Waals surface area contributed by atoms with Crippen molar-refractivity contribution in [3.8, 4) is 0 Å². The molecule has 1 atom stereocenters. The minimum absolute atomic E-state index is 0.0165. The van der Waals surface area contributed by atoms with Crippen molar-refractivity contribution in [1.82, 2.24) is 20.4 Å². The number of nitrogens with zero attached hydrogens (tertiary/aromatic N) is 4. The number of benzene rings is 1. The molecule has 0 saturated carbocycles. The highest BCUT2D eigenvalue weighted by molar-refractivity contribution is 5.88. The topological polar surface area (TPSA) is 84.1 Å². The first-order chi connectivity index (χ1) is 14.5. The number of carbonyl (C=O) groups is 1. The molecule has 1 amide bonds. The number of amides is 1. The first kappa shape index (κ1) is 20.3. The van der Waals surface area contributed by atoms with E-state index in [1.807, 2.05) is 44.2 Å². The summed E-state index contributed by atoms with van der Waals surface area (Å²) < 4.78 is 5.44. The van der Waals surface area contributed by atoms with Gasteiger partial charge in [0.25, 0.3) is 5.71 Å². The van der Waals surface area contributed by atoms with Gasteiger partial charge in [-0.1, -0.05) is 42.4 Å². The predicted octanol–water partition coefficient (Wildman–Crippen LogP) is 3.97. The highest BCUT2D eigenvalue weighted by atomic mass is 16.5. The van der Waals surface area contributed by atoms with Crippen LogP contribution in [-0.2, 0) is 11.2 Å². The summed E-state index contributed by atoms with van der Waals surface area (Å²) in [6.07, 6.45) is 3.07. The van der Waals surface area contributed by atoms with Gasteiger partial charge in [-0.05, 0) is 38.2 Å². The summed E-state index contributed by atoms with van der Waals surface area (Å²) in [5.74, 6) is 2.22. The molecule has 1 aliphatic heterocycles. The van der Waals surface area contributed by atoms with Gasteiger partial charge in [-0.25, -0.2) is 4.98 Å². The van der Waals surface area contributed by atoms with E-state index in [1.165, 1.54) is 0 Å². The van der Waals surface area contributed by atoms with Crippen LogP contribution in [0.25, 0.3) is 11.1 Å². The second kappa shape index (κ2) is 8.81. The maximum atomic E-state index is 12.5. The molecule has 4 rings (SSSR count). The summed E-state index contributed by atoms with van der Waals surface area (Å²) in [5.41, 5.74) is 2.39. The van der Waals surface area contributed by atoms with E-state index in [4.69, 9.17) is 9.51 Å². The highest BCUT2D eigenvalue weighted by Crippen LogP contribution is 2.30. The number of anilines is 1. The number of nitrogens with one attached hydrogen (secondary N) is 1. The lowest BCUT2D eigenvalue weighted by Crippen LogP contribution is -2.34. The molecule has 7 nitrogen and oxygen atoms in total. The van der Waals surface area contributed by atoms with Gasteiger partial charge in [0.05, 0.1) is 11.7 Å². The van der Waals surface area contributed by atoms with Crippen LogP contribution >= 0.6 is 0 Å². The molecule has 158 valence electrons. The molecule has 1 fully saturated rings. The minimum Gasteiger partial charge on any atom is -0.356 e. The standard InChI is InChI=1S/C23H29N5O2/c1-15-11-13-28(14-12-15)22-21-17(3)27-30-23(21)26-19(25-22)9-10-20(29)24-16(2)18-7-5-4-6-8-18/h4-8,15-16H,9-14H2,1-3H3,(H,24,29)/t16-/m0/s1. The zero-order valence-electron chi connectivity index (χ0n) is 17.9. The van der Waals surface area contributed by atoms with Crippen molar-refractivity contribution < 1.29 is 9.32 Å². The fraction of sp³-hybridized carbons (Fsp3) is 0.478. The van der Waals surface area contributed by atoms with Crippen LogP contribution in [0.3, 0.4) is 0 Å². The molecular formula is C23H29N5O2. The third-order valence-corrected chi connectivity index (χ3v) is 5.87. The lowest BCUT2D eigenvalue weighted by atomic mass is 9.99. The molecule has 0 spiro atoms. The van der Waals surface area contributed by atoms with Gasteiger partial charge in [0.2, 0.25) is 5.91 Å². The van der Waals surface area contributed by atoms with Crippen molar-refractivity contribution in [2.45, 2.75) is 52.5 Å². The predicted molar refractivity (Wildman–Crippen MR) is 116 cm³/mol. The Morgan fingerprint density at radius 1 is 1.23 bits per heavy atom. The third-order valence-electron chi connectivity index (χ3n) is 5.87. The first-order valence-electron chi connectivity index (χ1n) is 10.7. The van der Waals surface area contributed by atoms with Crippen molar-refractivity contribution in [3.63, 3.8) is 0 Å². The second-order valence-corrected chi connectivity index (χ2v) is 8.28. The number of piperidine rings is 1. The number of rotatable bonds is 6. The van der Waals surface area contributed by atoms with E-state index in [2.05, 4.69) is 27.3 Å². The van der Waals surface area contributed by atoms with E-state index >= 15 is 0 Å². The molecule has 0 aliphatic carbocycles. The van der Waals surface area contributed by atoms with Gasteiger partial charge in [0, 0.05) is 25.9 Å². The zero-order chi connectivity index (χ0) is 21.1. The Morgan fingerprint density at radius 3 is 2.70 bits per heavy atom. The summed E-state index contributed by atoms with van der Waals surface area (Å²) in [5, 5.41) is 8.03. The van der Waals surface area contributed by atoms with Crippen LogP contribution in [0.4, 0.5) is 5.82 Å². The van der Waals surface area contributed by atoms with Crippen LogP contribution in [-0.4, -0.2) is 34.1 Å². The molecule has 7 heteroatoms. The summed E-state index contributed by atoms with van der Waals surface area (Å²) in [4.78, 5) is 24.1.